The van der Waals surface area contributed by atoms with Crippen LogP contribution in [-0.2, 0) is 22.6 Å². The summed E-state index contributed by atoms with van der Waals surface area (Å²) in [4.78, 5) is 51.5. The van der Waals surface area contributed by atoms with Gasteiger partial charge in [-0.3, -0.25) is 19.2 Å². The lowest BCUT2D eigenvalue weighted by Crippen LogP contribution is -2.67. The standard InChI is InChI=1S/C25H23F3N4O4/c1-3-18(33)24(11-25(27,28)12-24)31-23(36)21(34)20-13(2)19(17-5-4-8-32(17)20)22(35)30-15-6-7-16(26)14(9-15)10-29/h6-7,9H,3-5,8,11-12H2,1-2H3,(H,30,35)(H,31,36). The number of aromatic nitrogens is 1. The molecule has 8 nitrogen and oxygen atoms in total. The molecule has 2 aromatic rings. The van der Waals surface area contributed by atoms with Gasteiger partial charge in [0.05, 0.1) is 16.8 Å². The van der Waals surface area contributed by atoms with E-state index in [0.29, 0.717) is 25.1 Å². The van der Waals surface area contributed by atoms with Crippen LogP contribution in [0.1, 0.15) is 70.3 Å². The molecule has 4 rings (SSSR count). The van der Waals surface area contributed by atoms with Crippen LogP contribution in [0.15, 0.2) is 18.2 Å². The predicted molar refractivity (Wildman–Crippen MR) is 121 cm³/mol. The first-order chi connectivity index (χ1) is 16.9. The number of halogens is 3. The number of benzene rings is 1. The molecule has 0 bridgehead atoms. The van der Waals surface area contributed by atoms with Crippen molar-refractivity contribution in [2.45, 2.75) is 64.0 Å². The summed E-state index contributed by atoms with van der Waals surface area (Å²) >= 11 is 0. The van der Waals surface area contributed by atoms with Gasteiger partial charge in [-0.1, -0.05) is 6.92 Å². The Kier molecular flexibility index (Phi) is 6.24. The Bertz CT molecular complexity index is 1350. The molecule has 1 fully saturated rings. The molecule has 0 saturated heterocycles. The lowest BCUT2D eigenvalue weighted by Gasteiger charge is -2.46. The number of carbonyl (C=O) groups excluding carboxylic acids is 4. The molecule has 2 N–H and O–H groups in total. The highest BCUT2D eigenvalue weighted by Gasteiger charge is 2.61. The van der Waals surface area contributed by atoms with E-state index in [1.165, 1.54) is 26.0 Å². The summed E-state index contributed by atoms with van der Waals surface area (Å²) in [6, 6.07) is 5.20. The zero-order chi connectivity index (χ0) is 26.4. The van der Waals surface area contributed by atoms with E-state index in [-0.39, 0.29) is 34.5 Å². The summed E-state index contributed by atoms with van der Waals surface area (Å²) in [7, 11) is 0. The summed E-state index contributed by atoms with van der Waals surface area (Å²) in [5.74, 6) is -7.25. The van der Waals surface area contributed by atoms with Gasteiger partial charge in [-0.15, -0.1) is 0 Å². The molecular weight excluding hydrogens is 477 g/mol. The first kappa shape index (κ1) is 25.2. The summed E-state index contributed by atoms with van der Waals surface area (Å²) < 4.78 is 42.4. The molecule has 1 saturated carbocycles. The van der Waals surface area contributed by atoms with Gasteiger partial charge in [-0.25, -0.2) is 13.2 Å². The van der Waals surface area contributed by atoms with Crippen molar-refractivity contribution >= 4 is 29.1 Å². The van der Waals surface area contributed by atoms with E-state index in [4.69, 9.17) is 5.26 Å². The molecule has 1 aliphatic carbocycles. The van der Waals surface area contributed by atoms with Crippen molar-refractivity contribution in [1.29, 1.82) is 5.26 Å². The topological polar surface area (TPSA) is 121 Å². The third-order valence-corrected chi connectivity index (χ3v) is 6.73. The molecule has 36 heavy (non-hydrogen) atoms. The normalized spacial score (nSPS) is 16.9. The second-order valence-corrected chi connectivity index (χ2v) is 9.16. The lowest BCUT2D eigenvalue weighted by atomic mass is 9.69. The summed E-state index contributed by atoms with van der Waals surface area (Å²) in [5.41, 5.74) is -1.00. The van der Waals surface area contributed by atoms with E-state index < -0.39 is 53.5 Å². The molecule has 0 atom stereocenters. The Labute approximate surface area is 204 Å². The minimum Gasteiger partial charge on any atom is -0.341 e. The van der Waals surface area contributed by atoms with E-state index >= 15 is 0 Å². The lowest BCUT2D eigenvalue weighted by molar-refractivity contribution is -0.163. The Morgan fingerprint density at radius 2 is 1.89 bits per heavy atom. The van der Waals surface area contributed by atoms with Crippen molar-refractivity contribution in [3.63, 3.8) is 0 Å². The zero-order valence-electron chi connectivity index (χ0n) is 19.6. The number of carbonyl (C=O) groups is 4. The fourth-order valence-corrected chi connectivity index (χ4v) is 5.10. The SMILES string of the molecule is CCC(=O)C1(NC(=O)C(=O)c2c(C)c(C(=O)Nc3ccc(F)c(C#N)c3)c3n2CCC3)CC(F)(F)C1. The first-order valence-corrected chi connectivity index (χ1v) is 11.4. The van der Waals surface area contributed by atoms with Gasteiger partial charge >= 0.3 is 0 Å². The molecule has 11 heteroatoms. The van der Waals surface area contributed by atoms with Gasteiger partial charge in [0.1, 0.15) is 17.4 Å². The van der Waals surface area contributed by atoms with E-state index in [0.717, 1.165) is 6.07 Å². The van der Waals surface area contributed by atoms with Gasteiger partial charge in [0.25, 0.3) is 23.5 Å². The van der Waals surface area contributed by atoms with E-state index in [9.17, 15) is 32.3 Å². The Morgan fingerprint density at radius 3 is 2.50 bits per heavy atom. The fraction of sp³-hybridized carbons (Fsp3) is 0.400. The van der Waals surface area contributed by atoms with E-state index in [1.54, 1.807) is 10.6 Å². The quantitative estimate of drug-likeness (QED) is 0.446. The van der Waals surface area contributed by atoms with Crippen molar-refractivity contribution in [1.82, 2.24) is 9.88 Å². The third-order valence-electron chi connectivity index (χ3n) is 6.73. The average Bonchev–Trinajstić information content (AvgIpc) is 3.37. The average molecular weight is 500 g/mol. The van der Waals surface area contributed by atoms with Gasteiger partial charge in [0.2, 0.25) is 0 Å². The van der Waals surface area contributed by atoms with Gasteiger partial charge in [0.15, 0.2) is 5.78 Å². The van der Waals surface area contributed by atoms with Crippen molar-refractivity contribution < 1.29 is 32.3 Å². The maximum Gasteiger partial charge on any atom is 0.294 e. The first-order valence-electron chi connectivity index (χ1n) is 11.4. The Morgan fingerprint density at radius 1 is 1.19 bits per heavy atom. The van der Waals surface area contributed by atoms with E-state index in [2.05, 4.69) is 10.6 Å². The smallest absolute Gasteiger partial charge is 0.294 e. The second-order valence-electron chi connectivity index (χ2n) is 9.16. The molecule has 2 aliphatic rings. The number of anilines is 1. The molecule has 1 aromatic carbocycles. The summed E-state index contributed by atoms with van der Waals surface area (Å²) in [6.07, 6.45) is -0.752. The molecule has 0 spiro atoms. The Hall–Kier alpha value is -3.94. The number of hydrogen-bond acceptors (Lipinski definition) is 5. The molecule has 2 heterocycles. The van der Waals surface area contributed by atoms with Crippen LogP contribution in [0.5, 0.6) is 0 Å². The van der Waals surface area contributed by atoms with Crippen molar-refractivity contribution in [2.75, 3.05) is 5.32 Å². The molecular formula is C25H23F3N4O4. The van der Waals surface area contributed by atoms with Crippen LogP contribution in [0.25, 0.3) is 0 Å². The number of Topliss-reactive ketones (excluding diaryl/α,β-unsaturated/α-hetero) is 2. The highest BCUT2D eigenvalue weighted by Crippen LogP contribution is 2.46. The van der Waals surface area contributed by atoms with Gasteiger partial charge < -0.3 is 15.2 Å². The highest BCUT2D eigenvalue weighted by atomic mass is 19.3. The van der Waals surface area contributed by atoms with Gasteiger partial charge in [0, 0.05) is 37.2 Å². The van der Waals surface area contributed by atoms with Crippen molar-refractivity contribution in [2.24, 2.45) is 0 Å². The van der Waals surface area contributed by atoms with Crippen LogP contribution in [0.3, 0.4) is 0 Å². The minimum absolute atomic E-state index is 0.0489. The minimum atomic E-state index is -3.11. The predicted octanol–water partition coefficient (Wildman–Crippen LogP) is 3.45. The number of alkyl halides is 2. The maximum atomic E-state index is 13.6. The summed E-state index contributed by atoms with van der Waals surface area (Å²) in [5, 5.41) is 13.9. The molecule has 0 radical (unpaired) electrons. The van der Waals surface area contributed by atoms with Gasteiger partial charge in [-0.05, 0) is 43.5 Å². The van der Waals surface area contributed by atoms with Crippen molar-refractivity contribution in [3.05, 3.63) is 52.1 Å². The maximum absolute atomic E-state index is 13.6. The molecule has 2 amide bonds. The number of nitrogens with one attached hydrogen (secondary N) is 2. The summed E-state index contributed by atoms with van der Waals surface area (Å²) in [6.45, 7) is 3.35. The number of fused-ring (bicyclic) bond motifs is 1. The number of ketones is 2. The third kappa shape index (κ3) is 4.17. The number of nitrogens with zero attached hydrogens (tertiary/aromatic N) is 2. The molecule has 0 unspecified atom stereocenters. The molecule has 1 aromatic heterocycles. The molecule has 188 valence electrons. The van der Waals surface area contributed by atoms with Crippen LogP contribution in [0.4, 0.5) is 18.9 Å². The Balaban J connectivity index is 1.62. The van der Waals surface area contributed by atoms with Crippen LogP contribution < -0.4 is 10.6 Å². The number of hydrogen-bond donors (Lipinski definition) is 2. The number of nitriles is 1. The number of rotatable bonds is 7. The largest absolute Gasteiger partial charge is 0.341 e. The molecule has 1 aliphatic heterocycles. The fourth-order valence-electron chi connectivity index (χ4n) is 5.10. The van der Waals surface area contributed by atoms with Crippen LogP contribution in [0, 0.1) is 24.1 Å². The highest BCUT2D eigenvalue weighted by molar-refractivity contribution is 6.43. The van der Waals surface area contributed by atoms with Gasteiger partial charge in [-0.2, -0.15) is 5.26 Å². The zero-order valence-corrected chi connectivity index (χ0v) is 19.6. The van der Waals surface area contributed by atoms with Crippen molar-refractivity contribution in [3.8, 4) is 6.07 Å². The van der Waals surface area contributed by atoms with Crippen LogP contribution in [0.2, 0.25) is 0 Å². The monoisotopic (exact) mass is 500 g/mol. The van der Waals surface area contributed by atoms with Crippen LogP contribution >= 0.6 is 0 Å². The van der Waals surface area contributed by atoms with E-state index in [1.807, 2.05) is 0 Å². The van der Waals surface area contributed by atoms with Crippen LogP contribution in [-0.4, -0.2) is 39.4 Å². The number of amides is 2. The second kappa shape index (κ2) is 8.93.